The maximum Gasteiger partial charge on any atom is 0.167 e. The fraction of sp³-hybridized carbons (Fsp3) is 0.294. The number of nitrogens with zero attached hydrogens (tertiary/aromatic N) is 1. The zero-order valence-electron chi connectivity index (χ0n) is 11.1. The zero-order valence-corrected chi connectivity index (χ0v) is 11.1. The van der Waals surface area contributed by atoms with Gasteiger partial charge in [-0.1, -0.05) is 24.3 Å². The molecule has 1 heterocycles. The molecule has 19 heavy (non-hydrogen) atoms. The van der Waals surface area contributed by atoms with Crippen LogP contribution < -0.4 is 0 Å². The van der Waals surface area contributed by atoms with Gasteiger partial charge in [0.1, 0.15) is 0 Å². The maximum atomic E-state index is 12.5. The molecule has 96 valence electrons. The Bertz CT molecular complexity index is 601. The zero-order chi connectivity index (χ0) is 13.2. The number of Topliss-reactive ketones (excluding diaryl/α,β-unsaturated/α-hetero) is 1. The number of carbonyl (C=O) groups is 1. The Morgan fingerprint density at radius 1 is 1.16 bits per heavy atom. The van der Waals surface area contributed by atoms with Gasteiger partial charge in [0.25, 0.3) is 0 Å². The maximum absolute atomic E-state index is 12.5. The van der Waals surface area contributed by atoms with E-state index >= 15 is 0 Å². The number of rotatable bonds is 2. The van der Waals surface area contributed by atoms with Crippen LogP contribution in [0.15, 0.2) is 42.6 Å². The van der Waals surface area contributed by atoms with E-state index in [1.54, 1.807) is 6.20 Å². The van der Waals surface area contributed by atoms with Crippen LogP contribution in [0.5, 0.6) is 0 Å². The summed E-state index contributed by atoms with van der Waals surface area (Å²) in [6.45, 7) is 1.94. The first-order valence-electron chi connectivity index (χ1n) is 6.77. The van der Waals surface area contributed by atoms with Crippen LogP contribution in [0.3, 0.4) is 0 Å². The fourth-order valence-electron chi connectivity index (χ4n) is 2.77. The predicted octanol–water partition coefficient (Wildman–Crippen LogP) is 3.38. The predicted molar refractivity (Wildman–Crippen MR) is 75.3 cm³/mol. The second-order valence-corrected chi connectivity index (χ2v) is 5.26. The van der Waals surface area contributed by atoms with Gasteiger partial charge in [-0.15, -0.1) is 0 Å². The van der Waals surface area contributed by atoms with E-state index in [4.69, 9.17) is 0 Å². The summed E-state index contributed by atoms with van der Waals surface area (Å²) in [6, 6.07) is 12.2. The van der Waals surface area contributed by atoms with Crippen LogP contribution >= 0.6 is 0 Å². The van der Waals surface area contributed by atoms with Crippen molar-refractivity contribution in [2.24, 2.45) is 5.92 Å². The summed E-state index contributed by atoms with van der Waals surface area (Å²) < 4.78 is 0. The van der Waals surface area contributed by atoms with Crippen LogP contribution in [0.25, 0.3) is 0 Å². The average Bonchev–Trinajstić information content (AvgIpc) is 2.47. The van der Waals surface area contributed by atoms with E-state index in [0.717, 1.165) is 30.5 Å². The Kier molecular flexibility index (Phi) is 3.16. The average molecular weight is 251 g/mol. The number of pyridine rings is 1. The van der Waals surface area contributed by atoms with E-state index in [9.17, 15) is 4.79 Å². The monoisotopic (exact) mass is 251 g/mol. The fourth-order valence-corrected chi connectivity index (χ4v) is 2.77. The highest BCUT2D eigenvalue weighted by atomic mass is 16.1. The molecule has 1 atom stereocenters. The molecule has 1 unspecified atom stereocenters. The summed E-state index contributed by atoms with van der Waals surface area (Å²) in [7, 11) is 0. The standard InChI is InChI=1S/C17H17NO/c1-12-6-7-16(11-18-12)17(19)15-9-8-13-4-2-3-5-14(13)10-15/h2-7,11,15H,8-10H2,1H3. The Morgan fingerprint density at radius 3 is 2.68 bits per heavy atom. The summed E-state index contributed by atoms with van der Waals surface area (Å²) in [5.41, 5.74) is 4.42. The first-order chi connectivity index (χ1) is 9.24. The van der Waals surface area contributed by atoms with Crippen LogP contribution in [0, 0.1) is 12.8 Å². The molecule has 0 N–H and O–H groups in total. The van der Waals surface area contributed by atoms with Crippen molar-refractivity contribution in [1.29, 1.82) is 0 Å². The van der Waals surface area contributed by atoms with Crippen molar-refractivity contribution < 1.29 is 4.79 Å². The molecule has 1 aromatic heterocycles. The molecule has 1 aromatic carbocycles. The van der Waals surface area contributed by atoms with Gasteiger partial charge in [-0.3, -0.25) is 9.78 Å². The Morgan fingerprint density at radius 2 is 1.95 bits per heavy atom. The summed E-state index contributed by atoms with van der Waals surface area (Å²) in [5.74, 6) is 0.349. The smallest absolute Gasteiger partial charge is 0.167 e. The van der Waals surface area contributed by atoms with Gasteiger partial charge in [-0.2, -0.15) is 0 Å². The van der Waals surface area contributed by atoms with E-state index in [2.05, 4.69) is 29.2 Å². The molecule has 1 aliphatic rings. The number of hydrogen-bond donors (Lipinski definition) is 0. The first-order valence-corrected chi connectivity index (χ1v) is 6.77. The molecule has 0 fully saturated rings. The lowest BCUT2D eigenvalue weighted by atomic mass is 9.80. The molecular formula is C17H17NO. The van der Waals surface area contributed by atoms with E-state index < -0.39 is 0 Å². The van der Waals surface area contributed by atoms with Crippen molar-refractivity contribution in [3.05, 3.63) is 65.0 Å². The molecule has 1 aliphatic carbocycles. The number of hydrogen-bond acceptors (Lipinski definition) is 2. The molecule has 0 radical (unpaired) electrons. The lowest BCUT2D eigenvalue weighted by Gasteiger charge is -2.23. The summed E-state index contributed by atoms with van der Waals surface area (Å²) in [4.78, 5) is 16.7. The molecule has 2 aromatic rings. The van der Waals surface area contributed by atoms with E-state index in [-0.39, 0.29) is 11.7 Å². The molecule has 0 bridgehead atoms. The molecule has 2 nitrogen and oxygen atoms in total. The third kappa shape index (κ3) is 2.43. The third-order valence-electron chi connectivity index (χ3n) is 3.91. The number of benzene rings is 1. The highest BCUT2D eigenvalue weighted by Crippen LogP contribution is 2.27. The van der Waals surface area contributed by atoms with Gasteiger partial charge in [0.2, 0.25) is 0 Å². The van der Waals surface area contributed by atoms with Crippen LogP contribution in [0.4, 0.5) is 0 Å². The van der Waals surface area contributed by atoms with Crippen molar-refractivity contribution in [1.82, 2.24) is 4.98 Å². The van der Waals surface area contributed by atoms with Crippen molar-refractivity contribution >= 4 is 5.78 Å². The van der Waals surface area contributed by atoms with Crippen molar-refractivity contribution in [2.45, 2.75) is 26.2 Å². The highest BCUT2D eigenvalue weighted by molar-refractivity contribution is 5.97. The van der Waals surface area contributed by atoms with Crippen LogP contribution in [-0.4, -0.2) is 10.8 Å². The topological polar surface area (TPSA) is 30.0 Å². The van der Waals surface area contributed by atoms with Gasteiger partial charge in [0.15, 0.2) is 5.78 Å². The van der Waals surface area contributed by atoms with Crippen molar-refractivity contribution in [3.8, 4) is 0 Å². The molecule has 0 aliphatic heterocycles. The summed E-state index contributed by atoms with van der Waals surface area (Å²) in [5, 5.41) is 0. The Labute approximate surface area is 113 Å². The molecule has 0 saturated carbocycles. The largest absolute Gasteiger partial charge is 0.294 e. The number of ketones is 1. The third-order valence-corrected chi connectivity index (χ3v) is 3.91. The van der Waals surface area contributed by atoms with E-state index in [1.165, 1.54) is 11.1 Å². The molecule has 0 saturated heterocycles. The quantitative estimate of drug-likeness (QED) is 0.766. The second kappa shape index (κ2) is 4.96. The highest BCUT2D eigenvalue weighted by Gasteiger charge is 2.25. The number of carbonyl (C=O) groups excluding carboxylic acids is 1. The van der Waals surface area contributed by atoms with Gasteiger partial charge in [-0.25, -0.2) is 0 Å². The Balaban J connectivity index is 1.81. The Hall–Kier alpha value is -1.96. The van der Waals surface area contributed by atoms with E-state index in [1.807, 2.05) is 19.1 Å². The lowest BCUT2D eigenvalue weighted by molar-refractivity contribution is 0.0908. The van der Waals surface area contributed by atoms with E-state index in [0.29, 0.717) is 0 Å². The first kappa shape index (κ1) is 12.1. The number of aryl methyl sites for hydroxylation is 2. The SMILES string of the molecule is Cc1ccc(C(=O)C2CCc3ccccc3C2)cn1. The minimum atomic E-state index is 0.111. The lowest BCUT2D eigenvalue weighted by Crippen LogP contribution is -2.22. The number of fused-ring (bicyclic) bond motifs is 1. The molecule has 0 amide bonds. The molecule has 0 spiro atoms. The normalized spacial score (nSPS) is 17.8. The van der Waals surface area contributed by atoms with Crippen LogP contribution in [0.2, 0.25) is 0 Å². The minimum absolute atomic E-state index is 0.111. The van der Waals surface area contributed by atoms with Gasteiger partial charge in [0.05, 0.1) is 0 Å². The summed E-state index contributed by atoms with van der Waals surface area (Å²) >= 11 is 0. The molecule has 3 rings (SSSR count). The van der Waals surface area contributed by atoms with Gasteiger partial charge < -0.3 is 0 Å². The second-order valence-electron chi connectivity index (χ2n) is 5.26. The number of aromatic nitrogens is 1. The van der Waals surface area contributed by atoms with Crippen LogP contribution in [0.1, 0.15) is 33.6 Å². The van der Waals surface area contributed by atoms with Gasteiger partial charge in [-0.05, 0) is 49.4 Å². The minimum Gasteiger partial charge on any atom is -0.294 e. The summed E-state index contributed by atoms with van der Waals surface area (Å²) in [6.07, 6.45) is 4.52. The van der Waals surface area contributed by atoms with Gasteiger partial charge in [0, 0.05) is 23.4 Å². The molecule has 2 heteroatoms. The van der Waals surface area contributed by atoms with Gasteiger partial charge >= 0.3 is 0 Å². The van der Waals surface area contributed by atoms with Crippen molar-refractivity contribution in [2.75, 3.05) is 0 Å². The molecular weight excluding hydrogens is 234 g/mol. The van der Waals surface area contributed by atoms with Crippen molar-refractivity contribution in [3.63, 3.8) is 0 Å². The van der Waals surface area contributed by atoms with Crippen LogP contribution in [-0.2, 0) is 12.8 Å².